The molecule has 1 aliphatic rings. The fourth-order valence-corrected chi connectivity index (χ4v) is 4.56. The van der Waals surface area contributed by atoms with Crippen molar-refractivity contribution in [1.82, 2.24) is 19.8 Å². The van der Waals surface area contributed by atoms with E-state index in [1.807, 2.05) is 24.0 Å². The summed E-state index contributed by atoms with van der Waals surface area (Å²) in [6.07, 6.45) is 6.28. The third-order valence-corrected chi connectivity index (χ3v) is 5.97. The number of fused-ring (bicyclic) bond motifs is 1. The summed E-state index contributed by atoms with van der Waals surface area (Å²) < 4.78 is 2.28. The minimum atomic E-state index is 0.107. The highest BCUT2D eigenvalue weighted by Gasteiger charge is 2.26. The zero-order chi connectivity index (χ0) is 17.6. The second kappa shape index (κ2) is 8.54. The number of hydrogen-bond donors (Lipinski definition) is 1. The van der Waals surface area contributed by atoms with Gasteiger partial charge in [-0.3, -0.25) is 9.78 Å². The molecule has 1 atom stereocenters. The summed E-state index contributed by atoms with van der Waals surface area (Å²) in [5.74, 6) is 1.05. The zero-order valence-corrected chi connectivity index (χ0v) is 15.8. The largest absolute Gasteiger partial charge is 0.355 e. The molecular weight excluding hydrogens is 332 g/mol. The molecule has 25 heavy (non-hydrogen) atoms. The predicted octanol–water partition coefficient (Wildman–Crippen LogP) is 2.68. The van der Waals surface area contributed by atoms with Crippen molar-refractivity contribution in [1.29, 1.82) is 0 Å². The number of likely N-dealkylation sites (N-methyl/N-ethyl adjacent to an activating group) is 1. The van der Waals surface area contributed by atoms with E-state index < -0.39 is 0 Å². The molecule has 0 spiro atoms. The molecule has 3 heterocycles. The maximum atomic E-state index is 12.3. The summed E-state index contributed by atoms with van der Waals surface area (Å²) in [7, 11) is 0. The first kappa shape index (κ1) is 18.0. The summed E-state index contributed by atoms with van der Waals surface area (Å²) >= 11 is 1.88. The molecular formula is C19H26N4OS. The summed E-state index contributed by atoms with van der Waals surface area (Å²) in [6, 6.07) is 6.17. The van der Waals surface area contributed by atoms with Crippen molar-refractivity contribution >= 4 is 17.7 Å². The van der Waals surface area contributed by atoms with Gasteiger partial charge in [0.1, 0.15) is 5.37 Å². The first-order valence-corrected chi connectivity index (χ1v) is 9.97. The van der Waals surface area contributed by atoms with Crippen LogP contribution < -0.4 is 5.32 Å². The first-order valence-electron chi connectivity index (χ1n) is 8.92. The van der Waals surface area contributed by atoms with Crippen molar-refractivity contribution in [2.45, 2.75) is 31.4 Å². The van der Waals surface area contributed by atoms with Crippen LogP contribution in [0.1, 0.15) is 36.0 Å². The van der Waals surface area contributed by atoms with Gasteiger partial charge in [-0.1, -0.05) is 19.9 Å². The Morgan fingerprint density at radius 3 is 2.96 bits per heavy atom. The highest BCUT2D eigenvalue weighted by Crippen LogP contribution is 2.41. The van der Waals surface area contributed by atoms with Gasteiger partial charge < -0.3 is 14.8 Å². The Bertz CT molecular complexity index is 697. The monoisotopic (exact) mass is 358 g/mol. The predicted molar refractivity (Wildman–Crippen MR) is 103 cm³/mol. The van der Waals surface area contributed by atoms with Crippen molar-refractivity contribution in [3.8, 4) is 0 Å². The topological polar surface area (TPSA) is 50.2 Å². The zero-order valence-electron chi connectivity index (χ0n) is 14.9. The summed E-state index contributed by atoms with van der Waals surface area (Å²) in [5, 5.41) is 3.31. The van der Waals surface area contributed by atoms with Crippen LogP contribution in [0.5, 0.6) is 0 Å². The second-order valence-corrected chi connectivity index (χ2v) is 7.27. The molecule has 0 aromatic carbocycles. The van der Waals surface area contributed by atoms with E-state index in [9.17, 15) is 4.79 Å². The number of carbonyl (C=O) groups excluding carboxylic acids is 1. The van der Waals surface area contributed by atoms with E-state index in [0.29, 0.717) is 13.0 Å². The molecule has 1 amide bonds. The van der Waals surface area contributed by atoms with Gasteiger partial charge in [-0.05, 0) is 30.8 Å². The van der Waals surface area contributed by atoms with Crippen LogP contribution in [0.25, 0.3) is 0 Å². The number of pyridine rings is 1. The van der Waals surface area contributed by atoms with Gasteiger partial charge in [-0.2, -0.15) is 0 Å². The number of carbonyl (C=O) groups is 1. The van der Waals surface area contributed by atoms with Crippen LogP contribution in [0.3, 0.4) is 0 Å². The van der Waals surface area contributed by atoms with Crippen LogP contribution in [-0.2, 0) is 17.0 Å². The van der Waals surface area contributed by atoms with Crippen LogP contribution in [0, 0.1) is 0 Å². The number of thioether (sulfide) groups is 1. The maximum Gasteiger partial charge on any atom is 0.224 e. The molecule has 5 nitrogen and oxygen atoms in total. The van der Waals surface area contributed by atoms with Crippen LogP contribution in [-0.4, -0.2) is 46.5 Å². The van der Waals surface area contributed by atoms with Gasteiger partial charge in [0.2, 0.25) is 5.91 Å². The normalized spacial score (nSPS) is 16.2. The Kier molecular flexibility index (Phi) is 6.15. The van der Waals surface area contributed by atoms with Gasteiger partial charge in [0.15, 0.2) is 0 Å². The number of nitrogens with one attached hydrogen (secondary N) is 1. The Labute approximate surface area is 153 Å². The highest BCUT2D eigenvalue weighted by molar-refractivity contribution is 7.99. The van der Waals surface area contributed by atoms with Crippen LogP contribution in [0.4, 0.5) is 0 Å². The standard InChI is InChI=1S/C19H26N4OS/c1-3-22(4-2)11-9-21-18(24)12-15-7-10-23-17(15)14-25-19(23)16-6-5-8-20-13-16/h5-8,10,13,19H,3-4,9,11-12,14H2,1-2H3,(H,21,24). The van der Waals surface area contributed by atoms with Gasteiger partial charge >= 0.3 is 0 Å². The summed E-state index contributed by atoms with van der Waals surface area (Å²) in [6.45, 7) is 7.95. The van der Waals surface area contributed by atoms with Gasteiger partial charge in [0.05, 0.1) is 6.42 Å². The van der Waals surface area contributed by atoms with Crippen molar-refractivity contribution < 1.29 is 4.79 Å². The molecule has 0 aliphatic carbocycles. The maximum absolute atomic E-state index is 12.3. The van der Waals surface area contributed by atoms with Crippen molar-refractivity contribution in [3.05, 3.63) is 53.6 Å². The summed E-state index contributed by atoms with van der Waals surface area (Å²) in [4.78, 5) is 18.8. The highest BCUT2D eigenvalue weighted by atomic mass is 32.2. The lowest BCUT2D eigenvalue weighted by Crippen LogP contribution is -2.35. The number of amides is 1. The molecule has 0 radical (unpaired) electrons. The Morgan fingerprint density at radius 2 is 2.24 bits per heavy atom. The van der Waals surface area contributed by atoms with Crippen molar-refractivity contribution in [2.24, 2.45) is 0 Å². The minimum Gasteiger partial charge on any atom is -0.355 e. The molecule has 2 aromatic rings. The number of nitrogens with zero attached hydrogens (tertiary/aromatic N) is 3. The van der Waals surface area contributed by atoms with Gasteiger partial charge in [0.25, 0.3) is 0 Å². The number of rotatable bonds is 8. The fraction of sp³-hybridized carbons (Fsp3) is 0.474. The van der Waals surface area contributed by atoms with Crippen LogP contribution in [0.15, 0.2) is 36.8 Å². The van der Waals surface area contributed by atoms with Crippen molar-refractivity contribution in [3.63, 3.8) is 0 Å². The van der Waals surface area contributed by atoms with E-state index in [0.717, 1.165) is 31.0 Å². The number of aromatic nitrogens is 2. The van der Waals surface area contributed by atoms with Crippen LogP contribution >= 0.6 is 11.8 Å². The lowest BCUT2D eigenvalue weighted by molar-refractivity contribution is -0.120. The molecule has 0 fully saturated rings. The average molecular weight is 359 g/mol. The molecule has 1 aliphatic heterocycles. The SMILES string of the molecule is CCN(CC)CCNC(=O)Cc1ccn2c1CSC2c1cccnc1. The van der Waals surface area contributed by atoms with Gasteiger partial charge in [-0.15, -0.1) is 11.8 Å². The van der Waals surface area contributed by atoms with Crippen molar-refractivity contribution in [2.75, 3.05) is 26.2 Å². The summed E-state index contributed by atoms with van der Waals surface area (Å²) in [5.41, 5.74) is 3.61. The van der Waals surface area contributed by atoms with E-state index in [2.05, 4.69) is 51.9 Å². The fourth-order valence-electron chi connectivity index (χ4n) is 3.22. The van der Waals surface area contributed by atoms with Gasteiger partial charge in [0, 0.05) is 48.7 Å². The molecule has 0 saturated carbocycles. The molecule has 0 bridgehead atoms. The molecule has 6 heteroatoms. The minimum absolute atomic E-state index is 0.107. The van der Waals surface area contributed by atoms with E-state index in [1.165, 1.54) is 11.3 Å². The van der Waals surface area contributed by atoms with Gasteiger partial charge in [-0.25, -0.2) is 0 Å². The number of hydrogen-bond acceptors (Lipinski definition) is 4. The quantitative estimate of drug-likeness (QED) is 0.788. The van der Waals surface area contributed by atoms with E-state index in [4.69, 9.17) is 0 Å². The third kappa shape index (κ3) is 4.25. The molecule has 1 unspecified atom stereocenters. The van der Waals surface area contributed by atoms with E-state index >= 15 is 0 Å². The Hall–Kier alpha value is -1.79. The lowest BCUT2D eigenvalue weighted by atomic mass is 10.2. The first-order chi connectivity index (χ1) is 12.2. The average Bonchev–Trinajstić information content (AvgIpc) is 3.22. The molecule has 134 valence electrons. The molecule has 3 rings (SSSR count). The molecule has 2 aromatic heterocycles. The van der Waals surface area contributed by atoms with E-state index in [-0.39, 0.29) is 11.3 Å². The Morgan fingerprint density at radius 1 is 1.40 bits per heavy atom. The second-order valence-electron chi connectivity index (χ2n) is 6.20. The lowest BCUT2D eigenvalue weighted by Gasteiger charge is -2.17. The van der Waals surface area contributed by atoms with Crippen LogP contribution in [0.2, 0.25) is 0 Å². The van der Waals surface area contributed by atoms with E-state index in [1.54, 1.807) is 6.20 Å². The third-order valence-electron chi connectivity index (χ3n) is 4.71. The molecule has 1 N–H and O–H groups in total. The smallest absolute Gasteiger partial charge is 0.224 e. The Balaban J connectivity index is 1.58. The molecule has 0 saturated heterocycles.